The average Bonchev–Trinajstić information content (AvgIpc) is 2.09. The van der Waals surface area contributed by atoms with Crippen molar-refractivity contribution >= 4 is 23.2 Å². The van der Waals surface area contributed by atoms with Gasteiger partial charge in [-0.25, -0.2) is 4.39 Å². The largest absolute Gasteiger partial charge is 0.375 e. The van der Waals surface area contributed by atoms with Crippen LogP contribution >= 0.6 is 23.2 Å². The van der Waals surface area contributed by atoms with Crippen molar-refractivity contribution in [1.82, 2.24) is 0 Å². The molecule has 0 radical (unpaired) electrons. The average molecular weight is 227 g/mol. The van der Waals surface area contributed by atoms with E-state index < -0.39 is 6.17 Å². The number of hydrogen-bond acceptors (Lipinski definition) is 1. The van der Waals surface area contributed by atoms with Gasteiger partial charge >= 0.3 is 0 Å². The zero-order chi connectivity index (χ0) is 9.84. The highest BCUT2D eigenvalue weighted by molar-refractivity contribution is 6.21. The topological polar surface area (TPSA) is 9.23 Å². The van der Waals surface area contributed by atoms with Gasteiger partial charge in [-0.05, 0) is 12.0 Å². The highest BCUT2D eigenvalue weighted by Gasteiger charge is 2.31. The molecule has 0 aromatic heterocycles. The highest BCUT2D eigenvalue weighted by atomic mass is 35.5. The smallest absolute Gasteiger partial charge is 0.122 e. The Morgan fingerprint density at radius 2 is 2.31 bits per heavy atom. The minimum absolute atomic E-state index is 0.125. The molecule has 13 heavy (non-hydrogen) atoms. The number of alkyl halides is 3. The summed E-state index contributed by atoms with van der Waals surface area (Å²) in [6.07, 6.45) is -0.294. The van der Waals surface area contributed by atoms with Crippen molar-refractivity contribution in [3.8, 4) is 0 Å². The minimum Gasteiger partial charge on any atom is -0.375 e. The zero-order valence-electron chi connectivity index (χ0n) is 7.31. The lowest BCUT2D eigenvalue weighted by molar-refractivity contribution is 0.0425. The first-order valence-corrected chi connectivity index (χ1v) is 5.25. The zero-order valence-corrected chi connectivity index (χ0v) is 8.82. The van der Waals surface area contributed by atoms with Crippen LogP contribution in [0.15, 0.2) is 12.2 Å². The Morgan fingerprint density at radius 3 is 2.92 bits per heavy atom. The van der Waals surface area contributed by atoms with Gasteiger partial charge in [0, 0.05) is 12.3 Å². The molecule has 3 atom stereocenters. The number of hydrogen-bond donors (Lipinski definition) is 0. The van der Waals surface area contributed by atoms with Crippen molar-refractivity contribution in [3.63, 3.8) is 0 Å². The molecule has 1 fully saturated rings. The van der Waals surface area contributed by atoms with Crippen molar-refractivity contribution in [2.75, 3.05) is 12.5 Å². The van der Waals surface area contributed by atoms with Crippen molar-refractivity contribution in [2.45, 2.75) is 30.5 Å². The quantitative estimate of drug-likeness (QED) is 0.532. The summed E-state index contributed by atoms with van der Waals surface area (Å²) in [5.74, 6) is 0.436. The van der Waals surface area contributed by atoms with Crippen molar-refractivity contribution in [3.05, 3.63) is 12.2 Å². The van der Waals surface area contributed by atoms with E-state index in [1.54, 1.807) is 0 Å². The fourth-order valence-corrected chi connectivity index (χ4v) is 1.80. The molecule has 3 unspecified atom stereocenters. The Bertz CT molecular complexity index is 186. The van der Waals surface area contributed by atoms with Gasteiger partial charge in [0.1, 0.15) is 6.17 Å². The van der Waals surface area contributed by atoms with Crippen LogP contribution in [0.5, 0.6) is 0 Å². The summed E-state index contributed by atoms with van der Waals surface area (Å²) in [7, 11) is 0. The predicted molar refractivity (Wildman–Crippen MR) is 53.4 cm³/mol. The number of rotatable bonds is 3. The molecular weight excluding hydrogens is 214 g/mol. The van der Waals surface area contributed by atoms with Crippen LogP contribution in [0.4, 0.5) is 4.39 Å². The Labute approximate surface area is 87.8 Å². The Hall–Kier alpha value is 0.210. The summed E-state index contributed by atoms with van der Waals surface area (Å²) in [5.41, 5.74) is 0.580. The molecule has 1 aliphatic rings. The molecule has 76 valence electrons. The maximum atomic E-state index is 13.1. The van der Waals surface area contributed by atoms with E-state index in [9.17, 15) is 4.39 Å². The van der Waals surface area contributed by atoms with Crippen LogP contribution in [-0.2, 0) is 4.74 Å². The van der Waals surface area contributed by atoms with Crippen LogP contribution in [0.1, 0.15) is 12.8 Å². The van der Waals surface area contributed by atoms with Gasteiger partial charge in [0.2, 0.25) is 0 Å². The molecule has 0 aromatic rings. The third-order valence-electron chi connectivity index (χ3n) is 2.15. The Kier molecular flexibility index (Phi) is 4.50. The molecule has 0 bridgehead atoms. The standard InChI is InChI=1S/C9H13Cl2FO/c1-6-4-9(13-3-2-10)7(11)5-8(6)12/h7-9H,1-5H2. The molecule has 0 aliphatic heterocycles. The summed E-state index contributed by atoms with van der Waals surface area (Å²) in [4.78, 5) is 0. The van der Waals surface area contributed by atoms with E-state index in [0.717, 1.165) is 0 Å². The normalized spacial score (nSPS) is 35.0. The summed E-state index contributed by atoms with van der Waals surface area (Å²) >= 11 is 11.4. The molecule has 0 heterocycles. The molecular formula is C9H13Cl2FO. The van der Waals surface area contributed by atoms with Crippen molar-refractivity contribution in [2.24, 2.45) is 0 Å². The fourth-order valence-electron chi connectivity index (χ4n) is 1.39. The third-order valence-corrected chi connectivity index (χ3v) is 2.76. The maximum absolute atomic E-state index is 13.1. The van der Waals surface area contributed by atoms with Gasteiger partial charge in [0.25, 0.3) is 0 Å². The van der Waals surface area contributed by atoms with Gasteiger partial charge in [-0.3, -0.25) is 0 Å². The molecule has 1 nitrogen and oxygen atoms in total. The molecule has 0 amide bonds. The van der Waals surface area contributed by atoms with Crippen LogP contribution in [0, 0.1) is 0 Å². The SMILES string of the molecule is C=C1CC(OCCCl)C(Cl)CC1F. The maximum Gasteiger partial charge on any atom is 0.122 e. The van der Waals surface area contributed by atoms with E-state index in [1.165, 1.54) is 0 Å². The van der Waals surface area contributed by atoms with E-state index in [4.69, 9.17) is 27.9 Å². The molecule has 0 N–H and O–H groups in total. The molecule has 0 saturated heterocycles. The van der Waals surface area contributed by atoms with Crippen LogP contribution in [0.2, 0.25) is 0 Å². The Balaban J connectivity index is 2.41. The summed E-state index contributed by atoms with van der Waals surface area (Å²) in [6.45, 7) is 4.10. The van der Waals surface area contributed by atoms with Gasteiger partial charge in [-0.1, -0.05) is 6.58 Å². The van der Waals surface area contributed by atoms with Crippen LogP contribution in [-0.4, -0.2) is 30.1 Å². The lowest BCUT2D eigenvalue weighted by Crippen LogP contribution is -2.34. The second kappa shape index (κ2) is 5.18. The molecule has 0 spiro atoms. The van der Waals surface area contributed by atoms with Crippen molar-refractivity contribution in [1.29, 1.82) is 0 Å². The second-order valence-corrected chi connectivity index (χ2v) is 4.12. The van der Waals surface area contributed by atoms with Gasteiger partial charge in [0.15, 0.2) is 0 Å². The molecule has 1 saturated carbocycles. The van der Waals surface area contributed by atoms with E-state index in [0.29, 0.717) is 30.9 Å². The monoisotopic (exact) mass is 226 g/mol. The molecule has 4 heteroatoms. The number of ether oxygens (including phenoxy) is 1. The van der Waals surface area contributed by atoms with E-state index in [-0.39, 0.29) is 11.5 Å². The number of halogens is 3. The van der Waals surface area contributed by atoms with Gasteiger partial charge in [-0.2, -0.15) is 0 Å². The van der Waals surface area contributed by atoms with Gasteiger partial charge in [-0.15, -0.1) is 23.2 Å². The first kappa shape index (κ1) is 11.3. The second-order valence-electron chi connectivity index (χ2n) is 3.18. The van der Waals surface area contributed by atoms with Crippen LogP contribution < -0.4 is 0 Å². The summed E-state index contributed by atoms with van der Waals surface area (Å²) < 4.78 is 18.4. The first-order valence-electron chi connectivity index (χ1n) is 4.28. The van der Waals surface area contributed by atoms with Crippen molar-refractivity contribution < 1.29 is 9.13 Å². The van der Waals surface area contributed by atoms with E-state index >= 15 is 0 Å². The fraction of sp³-hybridized carbons (Fsp3) is 0.778. The van der Waals surface area contributed by atoms with Gasteiger partial charge < -0.3 is 4.74 Å². The summed E-state index contributed by atoms with van der Waals surface area (Å²) in [6, 6.07) is 0. The highest BCUT2D eigenvalue weighted by Crippen LogP contribution is 2.30. The lowest BCUT2D eigenvalue weighted by atomic mass is 9.91. The lowest BCUT2D eigenvalue weighted by Gasteiger charge is -2.30. The molecule has 1 rings (SSSR count). The minimum atomic E-state index is -0.974. The van der Waals surface area contributed by atoms with E-state index in [1.807, 2.05) is 0 Å². The predicted octanol–water partition coefficient (Wildman–Crippen LogP) is 2.91. The first-order chi connectivity index (χ1) is 6.15. The molecule has 1 aliphatic carbocycles. The molecule has 0 aromatic carbocycles. The van der Waals surface area contributed by atoms with E-state index in [2.05, 4.69) is 6.58 Å². The van der Waals surface area contributed by atoms with Gasteiger partial charge in [0.05, 0.1) is 18.1 Å². The third kappa shape index (κ3) is 3.12. The van der Waals surface area contributed by atoms with Crippen LogP contribution in [0.25, 0.3) is 0 Å². The summed E-state index contributed by atoms with van der Waals surface area (Å²) in [5, 5.41) is -0.260. The van der Waals surface area contributed by atoms with Crippen LogP contribution in [0.3, 0.4) is 0 Å². The Morgan fingerprint density at radius 1 is 1.62 bits per heavy atom.